The van der Waals surface area contributed by atoms with Crippen LogP contribution in [0.25, 0.3) is 0 Å². The summed E-state index contributed by atoms with van der Waals surface area (Å²) in [4.78, 5) is 11.7. The van der Waals surface area contributed by atoms with Gasteiger partial charge in [-0.05, 0) is 44.9 Å². The van der Waals surface area contributed by atoms with Crippen molar-refractivity contribution >= 4 is 5.91 Å². The summed E-state index contributed by atoms with van der Waals surface area (Å²) in [5.74, 6) is 1.45. The highest BCUT2D eigenvalue weighted by atomic mass is 16.2. The largest absolute Gasteiger partial charge is 0.352 e. The van der Waals surface area contributed by atoms with Crippen LogP contribution in [0, 0.1) is 11.8 Å². The lowest BCUT2D eigenvalue weighted by atomic mass is 9.79. The molecule has 0 aliphatic heterocycles. The predicted octanol–water partition coefficient (Wildman–Crippen LogP) is 1.66. The number of amides is 1. The van der Waals surface area contributed by atoms with E-state index in [2.05, 4.69) is 19.2 Å². The maximum atomic E-state index is 11.7. The predicted molar refractivity (Wildman–Crippen MR) is 62.4 cm³/mol. The zero-order valence-corrected chi connectivity index (χ0v) is 10.3. The van der Waals surface area contributed by atoms with Gasteiger partial charge in [-0.15, -0.1) is 0 Å². The van der Waals surface area contributed by atoms with E-state index in [-0.39, 0.29) is 5.91 Å². The first kappa shape index (κ1) is 12.5. The van der Waals surface area contributed by atoms with E-state index >= 15 is 0 Å². The van der Waals surface area contributed by atoms with Crippen LogP contribution < -0.4 is 11.1 Å². The van der Waals surface area contributed by atoms with E-state index in [9.17, 15) is 4.79 Å². The van der Waals surface area contributed by atoms with Gasteiger partial charge in [0.05, 0.1) is 5.54 Å². The van der Waals surface area contributed by atoms with Crippen LogP contribution in [-0.4, -0.2) is 17.5 Å². The van der Waals surface area contributed by atoms with Crippen LogP contribution in [0.4, 0.5) is 0 Å². The molecule has 0 bridgehead atoms. The minimum absolute atomic E-state index is 0.0331. The Bertz CT molecular complexity index is 232. The molecular weight excluding hydrogens is 188 g/mol. The van der Waals surface area contributed by atoms with E-state index in [0.717, 1.165) is 18.8 Å². The molecule has 3 heteroatoms. The smallest absolute Gasteiger partial charge is 0.239 e. The fourth-order valence-corrected chi connectivity index (χ4v) is 2.05. The lowest BCUT2D eigenvalue weighted by Gasteiger charge is -2.34. The van der Waals surface area contributed by atoms with Gasteiger partial charge in [0.1, 0.15) is 0 Å². The van der Waals surface area contributed by atoms with Gasteiger partial charge < -0.3 is 11.1 Å². The van der Waals surface area contributed by atoms with E-state index in [1.54, 1.807) is 13.8 Å². The maximum absolute atomic E-state index is 11.7. The molecule has 1 saturated carbocycles. The number of hydrogen-bond acceptors (Lipinski definition) is 2. The Balaban J connectivity index is 2.44. The average molecular weight is 212 g/mol. The van der Waals surface area contributed by atoms with Gasteiger partial charge in [-0.1, -0.05) is 13.8 Å². The van der Waals surface area contributed by atoms with Crippen molar-refractivity contribution in [1.82, 2.24) is 5.32 Å². The summed E-state index contributed by atoms with van der Waals surface area (Å²) in [6, 6.07) is 0.325. The van der Waals surface area contributed by atoms with Crippen molar-refractivity contribution in [3.63, 3.8) is 0 Å². The Morgan fingerprint density at radius 3 is 2.33 bits per heavy atom. The van der Waals surface area contributed by atoms with E-state index < -0.39 is 5.54 Å². The zero-order chi connectivity index (χ0) is 11.6. The fraction of sp³-hybridized carbons (Fsp3) is 0.917. The highest BCUT2D eigenvalue weighted by Gasteiger charge is 2.29. The molecule has 0 aromatic heterocycles. The highest BCUT2D eigenvalue weighted by Crippen LogP contribution is 2.29. The third-order valence-corrected chi connectivity index (χ3v) is 3.52. The molecule has 3 nitrogen and oxygen atoms in total. The fourth-order valence-electron chi connectivity index (χ4n) is 2.05. The van der Waals surface area contributed by atoms with Gasteiger partial charge in [0.15, 0.2) is 0 Å². The SMILES string of the molecule is CC1CCC(NC(=O)C(C)(C)N)CC1C. The monoisotopic (exact) mass is 212 g/mol. The summed E-state index contributed by atoms with van der Waals surface area (Å²) in [6.45, 7) is 8.04. The van der Waals surface area contributed by atoms with Crippen LogP contribution in [0.5, 0.6) is 0 Å². The number of nitrogens with one attached hydrogen (secondary N) is 1. The molecule has 0 saturated heterocycles. The van der Waals surface area contributed by atoms with Crippen LogP contribution >= 0.6 is 0 Å². The number of carbonyl (C=O) groups is 1. The first-order chi connectivity index (χ1) is 6.80. The molecule has 1 aliphatic carbocycles. The average Bonchev–Trinajstić information content (AvgIpc) is 2.10. The van der Waals surface area contributed by atoms with Crippen molar-refractivity contribution in [3.8, 4) is 0 Å². The lowest BCUT2D eigenvalue weighted by Crippen LogP contribution is -2.53. The summed E-state index contributed by atoms with van der Waals surface area (Å²) in [5.41, 5.74) is 4.99. The highest BCUT2D eigenvalue weighted by molar-refractivity contribution is 5.85. The lowest BCUT2D eigenvalue weighted by molar-refractivity contribution is -0.126. The summed E-state index contributed by atoms with van der Waals surface area (Å²) in [6.07, 6.45) is 3.38. The minimum Gasteiger partial charge on any atom is -0.352 e. The molecule has 15 heavy (non-hydrogen) atoms. The van der Waals surface area contributed by atoms with Crippen molar-refractivity contribution in [1.29, 1.82) is 0 Å². The maximum Gasteiger partial charge on any atom is 0.239 e. The van der Waals surface area contributed by atoms with Gasteiger partial charge in [0.25, 0.3) is 0 Å². The quantitative estimate of drug-likeness (QED) is 0.731. The van der Waals surface area contributed by atoms with Crippen molar-refractivity contribution in [2.75, 3.05) is 0 Å². The number of rotatable bonds is 2. The molecule has 1 aliphatic rings. The Hall–Kier alpha value is -0.570. The van der Waals surface area contributed by atoms with E-state index in [1.165, 1.54) is 6.42 Å². The molecule has 0 radical (unpaired) electrons. The second-order valence-corrected chi connectivity index (χ2v) is 5.66. The number of hydrogen-bond donors (Lipinski definition) is 2. The molecule has 0 aromatic carbocycles. The second kappa shape index (κ2) is 4.52. The Morgan fingerprint density at radius 1 is 1.27 bits per heavy atom. The number of nitrogens with two attached hydrogens (primary N) is 1. The van der Waals surface area contributed by atoms with Crippen molar-refractivity contribution in [3.05, 3.63) is 0 Å². The van der Waals surface area contributed by atoms with Gasteiger partial charge in [-0.25, -0.2) is 0 Å². The molecule has 3 atom stereocenters. The van der Waals surface area contributed by atoms with Gasteiger partial charge >= 0.3 is 0 Å². The van der Waals surface area contributed by atoms with Crippen LogP contribution in [0.3, 0.4) is 0 Å². The summed E-state index contributed by atoms with van der Waals surface area (Å²) >= 11 is 0. The topological polar surface area (TPSA) is 55.1 Å². The molecule has 3 N–H and O–H groups in total. The molecule has 3 unspecified atom stereocenters. The molecular formula is C12H24N2O. The van der Waals surface area contributed by atoms with Crippen molar-refractivity contribution in [2.24, 2.45) is 17.6 Å². The Kier molecular flexibility index (Phi) is 3.77. The van der Waals surface area contributed by atoms with Crippen molar-refractivity contribution in [2.45, 2.75) is 58.5 Å². The molecule has 88 valence electrons. The van der Waals surface area contributed by atoms with Crippen LogP contribution in [0.15, 0.2) is 0 Å². The zero-order valence-electron chi connectivity index (χ0n) is 10.3. The summed E-state index contributed by atoms with van der Waals surface area (Å²) < 4.78 is 0. The first-order valence-electron chi connectivity index (χ1n) is 5.90. The Labute approximate surface area is 92.8 Å². The van der Waals surface area contributed by atoms with Gasteiger partial charge in [0, 0.05) is 6.04 Å². The second-order valence-electron chi connectivity index (χ2n) is 5.66. The molecule has 0 aromatic rings. The third kappa shape index (κ3) is 3.49. The molecule has 1 rings (SSSR count). The summed E-state index contributed by atoms with van der Waals surface area (Å²) in [5, 5.41) is 3.05. The van der Waals surface area contributed by atoms with Gasteiger partial charge in [-0.3, -0.25) is 4.79 Å². The minimum atomic E-state index is -0.758. The standard InChI is InChI=1S/C12H24N2O/c1-8-5-6-10(7-9(8)2)14-11(15)12(3,4)13/h8-10H,5-7,13H2,1-4H3,(H,14,15). The summed E-state index contributed by atoms with van der Waals surface area (Å²) in [7, 11) is 0. The van der Waals surface area contributed by atoms with E-state index in [1.807, 2.05) is 0 Å². The van der Waals surface area contributed by atoms with Gasteiger partial charge in [0.2, 0.25) is 5.91 Å². The molecule has 1 amide bonds. The van der Waals surface area contributed by atoms with E-state index in [0.29, 0.717) is 12.0 Å². The number of carbonyl (C=O) groups excluding carboxylic acids is 1. The molecule has 1 fully saturated rings. The normalized spacial score (nSPS) is 32.5. The van der Waals surface area contributed by atoms with E-state index in [4.69, 9.17) is 5.73 Å². The Morgan fingerprint density at radius 2 is 1.87 bits per heavy atom. The first-order valence-corrected chi connectivity index (χ1v) is 5.90. The van der Waals surface area contributed by atoms with Crippen molar-refractivity contribution < 1.29 is 4.79 Å². The van der Waals surface area contributed by atoms with Crippen LogP contribution in [0.1, 0.15) is 47.0 Å². The van der Waals surface area contributed by atoms with Crippen LogP contribution in [0.2, 0.25) is 0 Å². The molecule has 0 heterocycles. The van der Waals surface area contributed by atoms with Gasteiger partial charge in [-0.2, -0.15) is 0 Å². The molecule has 0 spiro atoms. The third-order valence-electron chi connectivity index (χ3n) is 3.52. The van der Waals surface area contributed by atoms with Crippen LogP contribution in [-0.2, 0) is 4.79 Å².